The van der Waals surface area contributed by atoms with Crippen LogP contribution in [0.15, 0.2) is 24.5 Å². The molecule has 1 saturated carbocycles. The Bertz CT molecular complexity index is 639. The number of rotatable bonds is 4. The molecule has 2 amide bonds. The molecule has 2 saturated heterocycles. The van der Waals surface area contributed by atoms with Gasteiger partial charge in [-0.1, -0.05) is 25.3 Å². The monoisotopic (exact) mass is 386 g/mol. The van der Waals surface area contributed by atoms with Crippen LogP contribution in [0.2, 0.25) is 0 Å². The first kappa shape index (κ1) is 19.6. The summed E-state index contributed by atoms with van der Waals surface area (Å²) in [6.07, 6.45) is 12.8. The van der Waals surface area contributed by atoms with Gasteiger partial charge in [-0.2, -0.15) is 0 Å². The predicted octanol–water partition coefficient (Wildman–Crippen LogP) is 3.18. The number of amides is 2. The largest absolute Gasteiger partial charge is 0.373 e. The molecule has 3 fully saturated rings. The Balaban J connectivity index is 1.24. The van der Waals surface area contributed by atoms with Crippen LogP contribution in [0.5, 0.6) is 0 Å². The van der Waals surface area contributed by atoms with E-state index in [0.29, 0.717) is 12.1 Å². The molecule has 0 radical (unpaired) electrons. The molecule has 154 valence electrons. The first-order valence-corrected chi connectivity index (χ1v) is 10.9. The Labute approximate surface area is 168 Å². The zero-order valence-corrected chi connectivity index (χ0v) is 17.1. The third kappa shape index (κ3) is 4.66. The van der Waals surface area contributed by atoms with E-state index in [2.05, 4.69) is 28.3 Å². The highest BCUT2D eigenvalue weighted by molar-refractivity contribution is 5.74. The SMILES string of the molecule is CN(Cc1cccnc1)[C@H]1COC2(CCN(C(=O)NC3CCCCC3)CC2)C1. The van der Waals surface area contributed by atoms with Crippen LogP contribution < -0.4 is 5.32 Å². The molecule has 0 bridgehead atoms. The topological polar surface area (TPSA) is 57.7 Å². The van der Waals surface area contributed by atoms with Crippen molar-refractivity contribution in [2.24, 2.45) is 0 Å². The molecule has 1 aromatic rings. The second-order valence-corrected chi connectivity index (χ2v) is 8.90. The molecule has 6 nitrogen and oxygen atoms in total. The summed E-state index contributed by atoms with van der Waals surface area (Å²) in [5.41, 5.74) is 1.19. The summed E-state index contributed by atoms with van der Waals surface area (Å²) in [5, 5.41) is 3.25. The highest BCUT2D eigenvalue weighted by Gasteiger charge is 2.44. The lowest BCUT2D eigenvalue weighted by Crippen LogP contribution is -2.52. The van der Waals surface area contributed by atoms with Crippen molar-refractivity contribution < 1.29 is 9.53 Å². The van der Waals surface area contributed by atoms with Crippen molar-refractivity contribution in [3.63, 3.8) is 0 Å². The van der Waals surface area contributed by atoms with Gasteiger partial charge >= 0.3 is 6.03 Å². The van der Waals surface area contributed by atoms with Crippen molar-refractivity contribution in [1.29, 1.82) is 0 Å². The Hall–Kier alpha value is -1.66. The quantitative estimate of drug-likeness (QED) is 0.863. The van der Waals surface area contributed by atoms with Gasteiger partial charge in [-0.15, -0.1) is 0 Å². The normalized spacial score (nSPS) is 25.4. The van der Waals surface area contributed by atoms with Crippen molar-refractivity contribution >= 4 is 6.03 Å². The summed E-state index contributed by atoms with van der Waals surface area (Å²) < 4.78 is 6.32. The number of carbonyl (C=O) groups is 1. The highest BCUT2D eigenvalue weighted by Crippen LogP contribution is 2.37. The third-order valence-corrected chi connectivity index (χ3v) is 6.86. The molecule has 2 aliphatic heterocycles. The zero-order valence-electron chi connectivity index (χ0n) is 17.1. The van der Waals surface area contributed by atoms with Crippen LogP contribution >= 0.6 is 0 Å². The fourth-order valence-corrected chi connectivity index (χ4v) is 4.99. The maximum Gasteiger partial charge on any atom is 0.317 e. The van der Waals surface area contributed by atoms with E-state index in [1.807, 2.05) is 23.4 Å². The van der Waals surface area contributed by atoms with Gasteiger partial charge in [0.2, 0.25) is 0 Å². The first-order chi connectivity index (χ1) is 13.6. The van der Waals surface area contributed by atoms with E-state index < -0.39 is 0 Å². The molecule has 6 heteroatoms. The molecule has 0 unspecified atom stereocenters. The summed E-state index contributed by atoms with van der Waals surface area (Å²) >= 11 is 0. The second kappa shape index (κ2) is 8.78. The van der Waals surface area contributed by atoms with Gasteiger partial charge < -0.3 is 15.0 Å². The molecule has 1 aromatic heterocycles. The third-order valence-electron chi connectivity index (χ3n) is 6.86. The summed E-state index contributed by atoms with van der Waals surface area (Å²) in [4.78, 5) is 21.2. The lowest BCUT2D eigenvalue weighted by atomic mass is 9.87. The number of likely N-dealkylation sites (tertiary alicyclic amines) is 1. The van der Waals surface area contributed by atoms with Gasteiger partial charge in [0.05, 0.1) is 12.2 Å². The number of nitrogens with one attached hydrogen (secondary N) is 1. The number of piperidine rings is 1. The molecule has 4 rings (SSSR count). The van der Waals surface area contributed by atoms with Gasteiger partial charge in [-0.05, 0) is 50.8 Å². The van der Waals surface area contributed by atoms with Crippen LogP contribution in [0.3, 0.4) is 0 Å². The zero-order chi connectivity index (χ0) is 19.4. The van der Waals surface area contributed by atoms with E-state index in [1.54, 1.807) is 0 Å². The Kier molecular flexibility index (Phi) is 6.16. The fraction of sp³-hybridized carbons (Fsp3) is 0.727. The van der Waals surface area contributed by atoms with Gasteiger partial charge in [-0.3, -0.25) is 9.88 Å². The number of urea groups is 1. The average Bonchev–Trinajstić information content (AvgIpc) is 3.14. The summed E-state index contributed by atoms with van der Waals surface area (Å²) in [7, 11) is 2.17. The Morgan fingerprint density at radius 2 is 2.11 bits per heavy atom. The number of pyridine rings is 1. The van der Waals surface area contributed by atoms with E-state index in [-0.39, 0.29) is 11.6 Å². The van der Waals surface area contributed by atoms with Gasteiger partial charge in [0.1, 0.15) is 0 Å². The van der Waals surface area contributed by atoms with Crippen LogP contribution in [0.25, 0.3) is 0 Å². The minimum atomic E-state index is -0.0461. The van der Waals surface area contributed by atoms with Gasteiger partial charge in [0.25, 0.3) is 0 Å². The highest BCUT2D eigenvalue weighted by atomic mass is 16.5. The van der Waals surface area contributed by atoms with Crippen LogP contribution in [-0.4, -0.2) is 65.2 Å². The first-order valence-electron chi connectivity index (χ1n) is 10.9. The van der Waals surface area contributed by atoms with E-state index >= 15 is 0 Å². The minimum absolute atomic E-state index is 0.0461. The van der Waals surface area contributed by atoms with Crippen molar-refractivity contribution in [3.05, 3.63) is 30.1 Å². The van der Waals surface area contributed by atoms with Crippen molar-refractivity contribution in [2.45, 2.75) is 75.6 Å². The smallest absolute Gasteiger partial charge is 0.317 e. The second-order valence-electron chi connectivity index (χ2n) is 8.90. The Morgan fingerprint density at radius 3 is 2.82 bits per heavy atom. The summed E-state index contributed by atoms with van der Waals surface area (Å²) in [6, 6.07) is 5.06. The molecule has 3 aliphatic rings. The van der Waals surface area contributed by atoms with E-state index in [9.17, 15) is 4.79 Å². The molecule has 0 aromatic carbocycles. The average molecular weight is 387 g/mol. The Morgan fingerprint density at radius 1 is 1.32 bits per heavy atom. The number of nitrogens with zero attached hydrogens (tertiary/aromatic N) is 3. The van der Waals surface area contributed by atoms with Gasteiger partial charge in [0, 0.05) is 44.1 Å². The van der Waals surface area contributed by atoms with Crippen molar-refractivity contribution in [3.8, 4) is 0 Å². The molecule has 1 atom stereocenters. The van der Waals surface area contributed by atoms with Gasteiger partial charge in [0.15, 0.2) is 0 Å². The van der Waals surface area contributed by atoms with Crippen molar-refractivity contribution in [2.75, 3.05) is 26.7 Å². The van der Waals surface area contributed by atoms with Crippen LogP contribution in [0, 0.1) is 0 Å². The fourth-order valence-electron chi connectivity index (χ4n) is 4.99. The number of likely N-dealkylation sites (N-methyl/N-ethyl adjacent to an activating group) is 1. The standard InChI is InChI=1S/C22H34N4O2/c1-25(16-18-6-5-11-23-15-18)20-14-22(28-17-20)9-12-26(13-10-22)21(27)24-19-7-3-2-4-8-19/h5-6,11,15,19-20H,2-4,7-10,12-14,16-17H2,1H3,(H,24,27)/t20-/m1/s1. The molecule has 3 heterocycles. The number of ether oxygens (including phenoxy) is 1. The molecule has 28 heavy (non-hydrogen) atoms. The number of hydrogen-bond donors (Lipinski definition) is 1. The lowest BCUT2D eigenvalue weighted by molar-refractivity contribution is -0.0369. The number of carbonyl (C=O) groups excluding carboxylic acids is 1. The molecular formula is C22H34N4O2. The maximum atomic E-state index is 12.6. The molecule has 1 spiro atoms. The lowest BCUT2D eigenvalue weighted by Gasteiger charge is -2.39. The van der Waals surface area contributed by atoms with Crippen molar-refractivity contribution in [1.82, 2.24) is 20.1 Å². The molecule has 1 N–H and O–H groups in total. The number of aromatic nitrogens is 1. The maximum absolute atomic E-state index is 12.6. The minimum Gasteiger partial charge on any atom is -0.373 e. The molecular weight excluding hydrogens is 352 g/mol. The summed E-state index contributed by atoms with van der Waals surface area (Å²) in [6.45, 7) is 3.29. The van der Waals surface area contributed by atoms with E-state index in [0.717, 1.165) is 58.3 Å². The van der Waals surface area contributed by atoms with Crippen LogP contribution in [0.4, 0.5) is 4.79 Å². The number of hydrogen-bond acceptors (Lipinski definition) is 4. The van der Waals surface area contributed by atoms with E-state index in [4.69, 9.17) is 4.74 Å². The van der Waals surface area contributed by atoms with Crippen LogP contribution in [0.1, 0.15) is 56.9 Å². The molecule has 1 aliphatic carbocycles. The van der Waals surface area contributed by atoms with Crippen LogP contribution in [-0.2, 0) is 11.3 Å². The van der Waals surface area contributed by atoms with Gasteiger partial charge in [-0.25, -0.2) is 4.79 Å². The summed E-state index contributed by atoms with van der Waals surface area (Å²) in [5.74, 6) is 0. The predicted molar refractivity (Wildman–Crippen MR) is 109 cm³/mol. The van der Waals surface area contributed by atoms with E-state index in [1.165, 1.54) is 24.8 Å².